The highest BCUT2D eigenvalue weighted by atomic mass is 16.5. The highest BCUT2D eigenvalue weighted by molar-refractivity contribution is 6.00. The molecule has 0 unspecified atom stereocenters. The number of methoxy groups -OCH3 is 1. The van der Waals surface area contributed by atoms with Crippen LogP contribution in [0.4, 0.5) is 0 Å². The molecule has 0 radical (unpaired) electrons. The molecule has 1 aromatic heterocycles. The van der Waals surface area contributed by atoms with Crippen molar-refractivity contribution in [2.75, 3.05) is 26.8 Å². The molecule has 1 N–H and O–H groups in total. The second-order valence-electron chi connectivity index (χ2n) is 6.75. The highest BCUT2D eigenvalue weighted by Crippen LogP contribution is 2.23. The predicted octanol–water partition coefficient (Wildman–Crippen LogP) is 2.07. The monoisotopic (exact) mass is 378 g/mol. The summed E-state index contributed by atoms with van der Waals surface area (Å²) in [5.41, 5.74) is 3.14. The second kappa shape index (κ2) is 7.82. The van der Waals surface area contributed by atoms with E-state index in [1.54, 1.807) is 19.2 Å². The lowest BCUT2D eigenvalue weighted by molar-refractivity contribution is 0.0685. The highest BCUT2D eigenvalue weighted by Gasteiger charge is 2.28. The minimum absolute atomic E-state index is 0.0857. The number of nitrogens with zero attached hydrogens (tertiary/aromatic N) is 3. The first-order valence-corrected chi connectivity index (χ1v) is 9.28. The van der Waals surface area contributed by atoms with Crippen LogP contribution < -0.4 is 5.32 Å². The zero-order valence-electron chi connectivity index (χ0n) is 15.7. The Balaban J connectivity index is 1.57. The molecule has 0 fully saturated rings. The fraction of sp³-hybridized carbons (Fsp3) is 0.286. The third-order valence-electron chi connectivity index (χ3n) is 4.89. The molecule has 0 saturated heterocycles. The van der Waals surface area contributed by atoms with E-state index in [9.17, 15) is 9.59 Å². The number of aromatic nitrogens is 2. The van der Waals surface area contributed by atoms with Gasteiger partial charge in [-0.2, -0.15) is 0 Å². The first-order chi connectivity index (χ1) is 13.7. The average molecular weight is 378 g/mol. The number of hydrogen-bond acceptors (Lipinski definition) is 4. The van der Waals surface area contributed by atoms with E-state index in [0.717, 1.165) is 11.1 Å². The number of carbonyl (C=O) groups excluding carboxylic acids is 2. The van der Waals surface area contributed by atoms with E-state index < -0.39 is 0 Å². The lowest BCUT2D eigenvalue weighted by Gasteiger charge is -2.27. The minimum Gasteiger partial charge on any atom is -0.383 e. The Morgan fingerprint density at radius 3 is 2.79 bits per heavy atom. The van der Waals surface area contributed by atoms with Crippen molar-refractivity contribution >= 4 is 22.8 Å². The summed E-state index contributed by atoms with van der Waals surface area (Å²) in [7, 11) is 1.59. The van der Waals surface area contributed by atoms with E-state index in [-0.39, 0.29) is 11.8 Å². The van der Waals surface area contributed by atoms with Crippen LogP contribution in [-0.2, 0) is 17.8 Å². The Kier molecular flexibility index (Phi) is 5.08. The Labute approximate surface area is 162 Å². The molecule has 7 nitrogen and oxygen atoms in total. The maximum atomic E-state index is 12.9. The Morgan fingerprint density at radius 2 is 2.00 bits per heavy atom. The summed E-state index contributed by atoms with van der Waals surface area (Å²) in [4.78, 5) is 31.5. The first kappa shape index (κ1) is 18.2. The van der Waals surface area contributed by atoms with Crippen LogP contribution in [0.3, 0.4) is 0 Å². The molecule has 4 rings (SSSR count). The molecular formula is C21H22N4O3. The van der Waals surface area contributed by atoms with Crippen molar-refractivity contribution in [2.24, 2.45) is 0 Å². The molecule has 2 aromatic carbocycles. The normalized spacial score (nSPS) is 13.6. The van der Waals surface area contributed by atoms with Gasteiger partial charge in [-0.25, -0.2) is 4.98 Å². The fourth-order valence-electron chi connectivity index (χ4n) is 3.45. The smallest absolute Gasteiger partial charge is 0.290 e. The fourth-order valence-corrected chi connectivity index (χ4v) is 3.45. The van der Waals surface area contributed by atoms with E-state index in [1.165, 1.54) is 0 Å². The van der Waals surface area contributed by atoms with Crippen LogP contribution >= 0.6 is 0 Å². The molecule has 1 aliphatic rings. The van der Waals surface area contributed by atoms with E-state index in [1.807, 2.05) is 45.9 Å². The molecule has 0 aliphatic carbocycles. The van der Waals surface area contributed by atoms with Gasteiger partial charge in [0.1, 0.15) is 0 Å². The lowest BCUT2D eigenvalue weighted by Crippen LogP contribution is -2.39. The number of ether oxygens (including phenoxy) is 1. The van der Waals surface area contributed by atoms with Crippen LogP contribution in [0, 0.1) is 0 Å². The molecule has 0 spiro atoms. The SMILES string of the molecule is COCCNC(=O)c1ccc2c(c1)nc1n2CCN(Cc2ccccc2)C1=O. The molecule has 2 amide bonds. The zero-order valence-corrected chi connectivity index (χ0v) is 15.7. The van der Waals surface area contributed by atoms with Crippen molar-refractivity contribution in [3.05, 3.63) is 65.5 Å². The standard InChI is InChI=1S/C21H22N4O3/c1-28-12-9-22-20(26)16-7-8-18-17(13-16)23-19-21(27)24(10-11-25(18)19)14-15-5-3-2-4-6-15/h2-8,13H,9-12,14H2,1H3,(H,22,26). The number of fused-ring (bicyclic) bond motifs is 3. The van der Waals surface area contributed by atoms with Crippen molar-refractivity contribution in [1.29, 1.82) is 0 Å². The van der Waals surface area contributed by atoms with Crippen molar-refractivity contribution in [1.82, 2.24) is 19.8 Å². The number of hydrogen-bond donors (Lipinski definition) is 1. The molecular weight excluding hydrogens is 356 g/mol. The molecule has 7 heteroatoms. The summed E-state index contributed by atoms with van der Waals surface area (Å²) in [5, 5.41) is 2.80. The van der Waals surface area contributed by atoms with Crippen molar-refractivity contribution in [2.45, 2.75) is 13.1 Å². The van der Waals surface area contributed by atoms with Gasteiger partial charge in [0.15, 0.2) is 5.82 Å². The van der Waals surface area contributed by atoms with E-state index in [2.05, 4.69) is 10.3 Å². The Hall–Kier alpha value is -3.19. The van der Waals surface area contributed by atoms with Gasteiger partial charge in [0.2, 0.25) is 0 Å². The quantitative estimate of drug-likeness (QED) is 0.666. The van der Waals surface area contributed by atoms with Gasteiger partial charge >= 0.3 is 0 Å². The second-order valence-corrected chi connectivity index (χ2v) is 6.75. The van der Waals surface area contributed by atoms with Crippen LogP contribution in [0.1, 0.15) is 26.5 Å². The largest absolute Gasteiger partial charge is 0.383 e. The van der Waals surface area contributed by atoms with Gasteiger partial charge in [-0.05, 0) is 23.8 Å². The molecule has 0 bridgehead atoms. The van der Waals surface area contributed by atoms with Gasteiger partial charge in [-0.15, -0.1) is 0 Å². The first-order valence-electron chi connectivity index (χ1n) is 9.28. The van der Waals surface area contributed by atoms with Gasteiger partial charge in [0.25, 0.3) is 11.8 Å². The summed E-state index contributed by atoms with van der Waals surface area (Å²) in [6, 6.07) is 15.3. The Bertz CT molecular complexity index is 1010. The number of rotatable bonds is 6. The van der Waals surface area contributed by atoms with Gasteiger partial charge in [0, 0.05) is 38.9 Å². The molecule has 0 saturated carbocycles. The predicted molar refractivity (Wildman–Crippen MR) is 105 cm³/mol. The molecule has 1 aliphatic heterocycles. The molecule has 0 atom stereocenters. The van der Waals surface area contributed by atoms with Crippen LogP contribution in [0.2, 0.25) is 0 Å². The summed E-state index contributed by atoms with van der Waals surface area (Å²) < 4.78 is 6.88. The van der Waals surface area contributed by atoms with Crippen LogP contribution in [-0.4, -0.2) is 53.1 Å². The van der Waals surface area contributed by atoms with Crippen LogP contribution in [0.15, 0.2) is 48.5 Å². The Morgan fingerprint density at radius 1 is 1.18 bits per heavy atom. The van der Waals surface area contributed by atoms with Gasteiger partial charge in [0.05, 0.1) is 17.6 Å². The van der Waals surface area contributed by atoms with E-state index in [0.29, 0.717) is 49.7 Å². The number of imidazole rings is 1. The summed E-state index contributed by atoms with van der Waals surface area (Å²) in [6.45, 7) is 2.78. The summed E-state index contributed by atoms with van der Waals surface area (Å²) in [6.07, 6.45) is 0. The van der Waals surface area contributed by atoms with Gasteiger partial charge in [-0.1, -0.05) is 30.3 Å². The van der Waals surface area contributed by atoms with Crippen molar-refractivity contribution in [3.8, 4) is 0 Å². The molecule has 144 valence electrons. The van der Waals surface area contributed by atoms with E-state index >= 15 is 0 Å². The van der Waals surface area contributed by atoms with Crippen LogP contribution in [0.5, 0.6) is 0 Å². The van der Waals surface area contributed by atoms with Crippen molar-refractivity contribution < 1.29 is 14.3 Å². The molecule has 28 heavy (non-hydrogen) atoms. The minimum atomic E-state index is -0.179. The average Bonchev–Trinajstić information content (AvgIpc) is 3.09. The summed E-state index contributed by atoms with van der Waals surface area (Å²) in [5.74, 6) is 0.161. The third-order valence-corrected chi connectivity index (χ3v) is 4.89. The number of carbonyl (C=O) groups is 2. The maximum absolute atomic E-state index is 12.9. The zero-order chi connectivity index (χ0) is 19.5. The van der Waals surface area contributed by atoms with E-state index in [4.69, 9.17) is 4.74 Å². The maximum Gasteiger partial charge on any atom is 0.290 e. The third kappa shape index (κ3) is 3.48. The summed E-state index contributed by atoms with van der Waals surface area (Å²) >= 11 is 0. The molecule has 2 heterocycles. The lowest BCUT2D eigenvalue weighted by atomic mass is 10.2. The van der Waals surface area contributed by atoms with Crippen LogP contribution in [0.25, 0.3) is 11.0 Å². The number of benzene rings is 2. The molecule has 3 aromatic rings. The number of amides is 2. The van der Waals surface area contributed by atoms with Crippen molar-refractivity contribution in [3.63, 3.8) is 0 Å². The number of nitrogens with one attached hydrogen (secondary N) is 1. The van der Waals surface area contributed by atoms with Gasteiger partial charge < -0.3 is 19.5 Å². The van der Waals surface area contributed by atoms with Gasteiger partial charge in [-0.3, -0.25) is 9.59 Å². The topological polar surface area (TPSA) is 76.5 Å².